The van der Waals surface area contributed by atoms with Gasteiger partial charge in [0, 0.05) is 10.0 Å². The Morgan fingerprint density at radius 1 is 0.722 bits per heavy atom. The number of hydrogen-bond donors (Lipinski definition) is 0. The molecule has 94 valence electrons. The second kappa shape index (κ2) is 5.77. The maximum Gasteiger partial charge on any atom is 0.0408 e. The van der Waals surface area contributed by atoms with Crippen molar-refractivity contribution in [3.8, 4) is 0 Å². The van der Waals surface area contributed by atoms with Crippen molar-refractivity contribution in [1.29, 1.82) is 0 Å². The van der Waals surface area contributed by atoms with Gasteiger partial charge in [-0.25, -0.2) is 0 Å². The van der Waals surface area contributed by atoms with Crippen LogP contribution < -0.4 is 0 Å². The topological polar surface area (TPSA) is 0 Å². The predicted octanol–water partition coefficient (Wildman–Crippen LogP) is 5.90. The molecule has 2 aromatic rings. The van der Waals surface area contributed by atoms with Crippen LogP contribution in [0.4, 0.5) is 0 Å². The third kappa shape index (κ3) is 3.07. The van der Waals surface area contributed by atoms with Crippen molar-refractivity contribution in [2.75, 3.05) is 0 Å². The first kappa shape index (κ1) is 13.5. The van der Waals surface area contributed by atoms with Crippen molar-refractivity contribution in [3.05, 3.63) is 69.7 Å². The monoisotopic (exact) mass is 278 g/mol. The molecule has 0 radical (unpaired) electrons. The Hall–Kier alpha value is -0.980. The lowest BCUT2D eigenvalue weighted by atomic mass is 9.84. The molecular weight excluding hydrogens is 263 g/mol. The van der Waals surface area contributed by atoms with Gasteiger partial charge in [-0.2, -0.15) is 0 Å². The van der Waals surface area contributed by atoms with E-state index in [1.165, 1.54) is 11.1 Å². The lowest BCUT2D eigenvalue weighted by Crippen LogP contribution is -2.04. The maximum atomic E-state index is 6.04. The highest BCUT2D eigenvalue weighted by Gasteiger charge is 2.16. The summed E-state index contributed by atoms with van der Waals surface area (Å²) in [7, 11) is 0. The van der Waals surface area contributed by atoms with Crippen LogP contribution in [0.3, 0.4) is 0 Å². The van der Waals surface area contributed by atoms with E-state index in [-0.39, 0.29) is 0 Å². The molecule has 2 heteroatoms. The number of hydrogen-bond acceptors (Lipinski definition) is 0. The zero-order valence-corrected chi connectivity index (χ0v) is 12.0. The van der Waals surface area contributed by atoms with E-state index in [4.69, 9.17) is 23.2 Å². The first-order valence-electron chi connectivity index (χ1n) is 6.09. The maximum absolute atomic E-state index is 6.04. The molecule has 0 heterocycles. The van der Waals surface area contributed by atoms with Gasteiger partial charge in [0.15, 0.2) is 0 Å². The third-order valence-electron chi connectivity index (χ3n) is 3.52. The Labute approximate surface area is 119 Å². The minimum absolute atomic E-state index is 0.421. The van der Waals surface area contributed by atoms with Crippen LogP contribution in [0.15, 0.2) is 48.5 Å². The number of benzene rings is 2. The summed E-state index contributed by atoms with van der Waals surface area (Å²) in [5.41, 5.74) is 2.57. The minimum Gasteiger partial charge on any atom is -0.0843 e. The molecule has 0 aliphatic heterocycles. The van der Waals surface area contributed by atoms with E-state index < -0.39 is 0 Å². The molecule has 0 saturated carbocycles. The minimum atomic E-state index is 0.421. The van der Waals surface area contributed by atoms with Gasteiger partial charge in [0.2, 0.25) is 0 Å². The molecule has 18 heavy (non-hydrogen) atoms. The highest BCUT2D eigenvalue weighted by molar-refractivity contribution is 6.30. The van der Waals surface area contributed by atoms with Crippen LogP contribution in [0.2, 0.25) is 10.0 Å². The summed E-state index contributed by atoms with van der Waals surface area (Å²) >= 11 is 12.0. The average molecular weight is 279 g/mol. The molecule has 2 rings (SSSR count). The van der Waals surface area contributed by atoms with E-state index >= 15 is 0 Å². The van der Waals surface area contributed by atoms with E-state index in [0.717, 1.165) is 10.0 Å². The van der Waals surface area contributed by atoms with Crippen molar-refractivity contribution in [1.82, 2.24) is 0 Å². The Morgan fingerprint density at radius 2 is 1.33 bits per heavy atom. The molecule has 0 amide bonds. The highest BCUT2D eigenvalue weighted by Crippen LogP contribution is 2.33. The number of halogens is 2. The first-order chi connectivity index (χ1) is 8.58. The molecule has 2 atom stereocenters. The Balaban J connectivity index is 2.23. The van der Waals surface area contributed by atoms with Gasteiger partial charge in [-0.15, -0.1) is 0 Å². The third-order valence-corrected chi connectivity index (χ3v) is 4.01. The van der Waals surface area contributed by atoms with Crippen molar-refractivity contribution in [3.63, 3.8) is 0 Å². The Morgan fingerprint density at radius 3 is 1.94 bits per heavy atom. The van der Waals surface area contributed by atoms with Gasteiger partial charge in [0.25, 0.3) is 0 Å². The molecule has 2 aromatic carbocycles. The Bertz CT molecular complexity index is 517. The quantitative estimate of drug-likeness (QED) is 0.656. The van der Waals surface area contributed by atoms with E-state index in [1.54, 1.807) is 0 Å². The average Bonchev–Trinajstić information content (AvgIpc) is 2.38. The molecule has 0 saturated heterocycles. The smallest absolute Gasteiger partial charge is 0.0408 e. The summed E-state index contributed by atoms with van der Waals surface area (Å²) < 4.78 is 0. The molecule has 0 N–H and O–H groups in total. The van der Waals surface area contributed by atoms with Gasteiger partial charge in [0.1, 0.15) is 0 Å². The molecule has 0 aliphatic carbocycles. The summed E-state index contributed by atoms with van der Waals surface area (Å²) in [6, 6.07) is 16.1. The second-order valence-corrected chi connectivity index (χ2v) is 5.56. The normalized spacial score (nSPS) is 14.2. The van der Waals surface area contributed by atoms with Crippen LogP contribution in [0.5, 0.6) is 0 Å². The van der Waals surface area contributed by atoms with Crippen LogP contribution in [-0.4, -0.2) is 0 Å². The van der Waals surface area contributed by atoms with Crippen molar-refractivity contribution in [2.45, 2.75) is 25.7 Å². The fraction of sp³-hybridized carbons (Fsp3) is 0.250. The van der Waals surface area contributed by atoms with Gasteiger partial charge in [-0.3, -0.25) is 0 Å². The molecule has 0 aromatic heterocycles. The van der Waals surface area contributed by atoms with E-state index in [2.05, 4.69) is 32.0 Å². The van der Waals surface area contributed by atoms with E-state index in [9.17, 15) is 0 Å². The lowest BCUT2D eigenvalue weighted by Gasteiger charge is -2.21. The first-order valence-corrected chi connectivity index (χ1v) is 6.84. The van der Waals surface area contributed by atoms with Crippen molar-refractivity contribution >= 4 is 23.2 Å². The fourth-order valence-corrected chi connectivity index (χ4v) is 2.46. The molecule has 0 bridgehead atoms. The van der Waals surface area contributed by atoms with Crippen LogP contribution in [0.1, 0.15) is 36.8 Å². The summed E-state index contributed by atoms with van der Waals surface area (Å²) in [6.07, 6.45) is 0. The molecule has 0 aliphatic rings. The van der Waals surface area contributed by atoms with Crippen molar-refractivity contribution in [2.24, 2.45) is 0 Å². The molecule has 0 nitrogen and oxygen atoms in total. The second-order valence-electron chi connectivity index (χ2n) is 4.68. The van der Waals surface area contributed by atoms with Gasteiger partial charge in [0.05, 0.1) is 0 Å². The van der Waals surface area contributed by atoms with Crippen LogP contribution in [0.25, 0.3) is 0 Å². The zero-order chi connectivity index (χ0) is 13.1. The highest BCUT2D eigenvalue weighted by atomic mass is 35.5. The molecule has 0 spiro atoms. The standard InChI is InChI=1S/C16H16Cl2/c1-11(13-6-8-15(17)9-7-13)12(2)14-4-3-5-16(18)10-14/h3-12H,1-2H3. The largest absolute Gasteiger partial charge is 0.0843 e. The molecular formula is C16H16Cl2. The van der Waals surface area contributed by atoms with Crippen LogP contribution in [0, 0.1) is 0 Å². The van der Waals surface area contributed by atoms with Gasteiger partial charge in [-0.1, -0.05) is 61.3 Å². The Kier molecular flexibility index (Phi) is 4.31. The lowest BCUT2D eigenvalue weighted by molar-refractivity contribution is 0.624. The van der Waals surface area contributed by atoms with Crippen molar-refractivity contribution < 1.29 is 0 Å². The molecule has 2 unspecified atom stereocenters. The molecule has 0 fully saturated rings. The SMILES string of the molecule is CC(c1ccc(Cl)cc1)C(C)c1cccc(Cl)c1. The van der Waals surface area contributed by atoms with Crippen LogP contribution >= 0.6 is 23.2 Å². The predicted molar refractivity (Wildman–Crippen MR) is 79.7 cm³/mol. The summed E-state index contributed by atoms with van der Waals surface area (Å²) in [5, 5.41) is 1.57. The van der Waals surface area contributed by atoms with Gasteiger partial charge >= 0.3 is 0 Å². The van der Waals surface area contributed by atoms with Gasteiger partial charge in [-0.05, 0) is 47.2 Å². The van der Waals surface area contributed by atoms with E-state index in [0.29, 0.717) is 11.8 Å². The van der Waals surface area contributed by atoms with Gasteiger partial charge < -0.3 is 0 Å². The fourth-order valence-electron chi connectivity index (χ4n) is 2.13. The summed E-state index contributed by atoms with van der Waals surface area (Å²) in [4.78, 5) is 0. The summed E-state index contributed by atoms with van der Waals surface area (Å²) in [5.74, 6) is 0.852. The number of rotatable bonds is 3. The van der Waals surface area contributed by atoms with Crippen LogP contribution in [-0.2, 0) is 0 Å². The summed E-state index contributed by atoms with van der Waals surface area (Å²) in [6.45, 7) is 4.46. The zero-order valence-electron chi connectivity index (χ0n) is 10.5. The van der Waals surface area contributed by atoms with E-state index in [1.807, 2.05) is 30.3 Å².